The Morgan fingerprint density at radius 2 is 1.73 bits per heavy atom. The SMILES string of the molecule is O=C(O)C1CCN(C(c2ccccn2)c2cccc3ccccc23)CC1. The number of aromatic nitrogens is 1. The fraction of sp³-hybridized carbons (Fsp3) is 0.273. The zero-order chi connectivity index (χ0) is 17.9. The van der Waals surface area contributed by atoms with Crippen molar-refractivity contribution in [3.05, 3.63) is 78.1 Å². The van der Waals surface area contributed by atoms with Crippen LogP contribution in [0.3, 0.4) is 0 Å². The van der Waals surface area contributed by atoms with Crippen molar-refractivity contribution >= 4 is 16.7 Å². The van der Waals surface area contributed by atoms with Gasteiger partial charge < -0.3 is 5.11 Å². The molecule has 0 amide bonds. The third-order valence-electron chi connectivity index (χ3n) is 5.33. The van der Waals surface area contributed by atoms with Crippen molar-refractivity contribution in [3.8, 4) is 0 Å². The minimum absolute atomic E-state index is 0.0389. The summed E-state index contributed by atoms with van der Waals surface area (Å²) in [6.45, 7) is 1.53. The second kappa shape index (κ2) is 7.26. The lowest BCUT2D eigenvalue weighted by Gasteiger charge is -2.37. The number of carbonyl (C=O) groups is 1. The number of pyridine rings is 1. The van der Waals surface area contributed by atoms with Crippen LogP contribution >= 0.6 is 0 Å². The number of hydrogen-bond acceptors (Lipinski definition) is 3. The van der Waals surface area contributed by atoms with E-state index in [1.807, 2.05) is 18.3 Å². The van der Waals surface area contributed by atoms with Gasteiger partial charge in [0.15, 0.2) is 0 Å². The van der Waals surface area contributed by atoms with Crippen molar-refractivity contribution in [2.75, 3.05) is 13.1 Å². The Labute approximate surface area is 153 Å². The molecule has 1 saturated heterocycles. The van der Waals surface area contributed by atoms with Gasteiger partial charge in [-0.05, 0) is 54.4 Å². The van der Waals surface area contributed by atoms with Gasteiger partial charge in [-0.3, -0.25) is 14.7 Å². The van der Waals surface area contributed by atoms with Gasteiger partial charge in [0.25, 0.3) is 0 Å². The van der Waals surface area contributed by atoms with Crippen LogP contribution in [-0.4, -0.2) is 34.0 Å². The van der Waals surface area contributed by atoms with Crippen molar-refractivity contribution in [1.82, 2.24) is 9.88 Å². The van der Waals surface area contributed by atoms with E-state index < -0.39 is 5.97 Å². The Balaban J connectivity index is 1.76. The first-order valence-electron chi connectivity index (χ1n) is 9.09. The normalized spacial score (nSPS) is 17.2. The minimum atomic E-state index is -0.677. The number of fused-ring (bicyclic) bond motifs is 1. The van der Waals surface area contributed by atoms with Crippen LogP contribution < -0.4 is 0 Å². The average molecular weight is 346 g/mol. The number of nitrogens with zero attached hydrogens (tertiary/aromatic N) is 2. The van der Waals surface area contributed by atoms with Gasteiger partial charge in [-0.1, -0.05) is 48.5 Å². The summed E-state index contributed by atoms with van der Waals surface area (Å²) in [5.41, 5.74) is 2.24. The average Bonchev–Trinajstić information content (AvgIpc) is 2.70. The molecule has 4 nitrogen and oxygen atoms in total. The fourth-order valence-corrected chi connectivity index (χ4v) is 3.97. The summed E-state index contributed by atoms with van der Waals surface area (Å²) in [6, 6.07) is 20.9. The van der Waals surface area contributed by atoms with Crippen molar-refractivity contribution < 1.29 is 9.90 Å². The van der Waals surface area contributed by atoms with Gasteiger partial charge >= 0.3 is 5.97 Å². The molecular weight excluding hydrogens is 324 g/mol. The highest BCUT2D eigenvalue weighted by atomic mass is 16.4. The van der Waals surface area contributed by atoms with Gasteiger partial charge in [0.1, 0.15) is 0 Å². The zero-order valence-corrected chi connectivity index (χ0v) is 14.6. The largest absolute Gasteiger partial charge is 0.481 e. The summed E-state index contributed by atoms with van der Waals surface area (Å²) < 4.78 is 0. The quantitative estimate of drug-likeness (QED) is 0.772. The van der Waals surface area contributed by atoms with E-state index in [4.69, 9.17) is 0 Å². The molecule has 0 saturated carbocycles. The Morgan fingerprint density at radius 3 is 2.46 bits per heavy atom. The molecule has 2 aromatic carbocycles. The molecular formula is C22H22N2O2. The Hall–Kier alpha value is -2.72. The van der Waals surface area contributed by atoms with Crippen LogP contribution in [0.15, 0.2) is 66.9 Å². The molecule has 0 spiro atoms. The molecule has 26 heavy (non-hydrogen) atoms. The molecule has 0 aliphatic carbocycles. The molecule has 3 aromatic rings. The molecule has 1 aliphatic heterocycles. The summed E-state index contributed by atoms with van der Waals surface area (Å²) in [4.78, 5) is 18.3. The van der Waals surface area contributed by atoms with Gasteiger partial charge in [0.05, 0.1) is 17.7 Å². The second-order valence-electron chi connectivity index (χ2n) is 6.87. The van der Waals surface area contributed by atoms with Gasteiger partial charge in [-0.15, -0.1) is 0 Å². The second-order valence-corrected chi connectivity index (χ2v) is 6.87. The molecule has 4 heteroatoms. The number of rotatable bonds is 4. The number of carboxylic acid groups (broad SMARTS) is 1. The van der Waals surface area contributed by atoms with Crippen molar-refractivity contribution in [2.24, 2.45) is 5.92 Å². The summed E-state index contributed by atoms with van der Waals surface area (Å²) in [7, 11) is 0. The molecule has 1 aliphatic rings. The van der Waals surface area contributed by atoms with Gasteiger partial charge in [-0.2, -0.15) is 0 Å². The Kier molecular flexibility index (Phi) is 4.67. The lowest BCUT2D eigenvalue weighted by Crippen LogP contribution is -2.39. The van der Waals surface area contributed by atoms with Crippen molar-refractivity contribution in [1.29, 1.82) is 0 Å². The van der Waals surface area contributed by atoms with Gasteiger partial charge in [-0.25, -0.2) is 0 Å². The molecule has 0 bridgehead atoms. The van der Waals surface area contributed by atoms with Crippen molar-refractivity contribution in [3.63, 3.8) is 0 Å². The third-order valence-corrected chi connectivity index (χ3v) is 5.33. The summed E-state index contributed by atoms with van der Waals surface area (Å²) in [6.07, 6.45) is 3.20. The highest BCUT2D eigenvalue weighted by Crippen LogP contribution is 2.35. The Morgan fingerprint density at radius 1 is 1.00 bits per heavy atom. The zero-order valence-electron chi connectivity index (χ0n) is 14.6. The summed E-state index contributed by atoms with van der Waals surface area (Å²) in [5.74, 6) is -0.910. The highest BCUT2D eigenvalue weighted by Gasteiger charge is 2.31. The van der Waals surface area contributed by atoms with Crippen LogP contribution in [0.4, 0.5) is 0 Å². The van der Waals surface area contributed by atoms with Crippen LogP contribution in [0.5, 0.6) is 0 Å². The number of piperidine rings is 1. The van der Waals surface area contributed by atoms with E-state index >= 15 is 0 Å². The number of carboxylic acids is 1. The Bertz CT molecular complexity index is 897. The van der Waals surface area contributed by atoms with E-state index in [2.05, 4.69) is 58.4 Å². The highest BCUT2D eigenvalue weighted by molar-refractivity contribution is 5.86. The molecule has 1 fully saturated rings. The fourth-order valence-electron chi connectivity index (χ4n) is 3.97. The first kappa shape index (κ1) is 16.7. The molecule has 132 valence electrons. The van der Waals surface area contributed by atoms with E-state index in [0.29, 0.717) is 12.8 Å². The molecule has 1 aromatic heterocycles. The third kappa shape index (κ3) is 3.20. The van der Waals surface area contributed by atoms with E-state index in [1.165, 1.54) is 16.3 Å². The van der Waals surface area contributed by atoms with E-state index in [1.54, 1.807) is 0 Å². The van der Waals surface area contributed by atoms with E-state index in [9.17, 15) is 9.90 Å². The number of aliphatic carboxylic acids is 1. The van der Waals surface area contributed by atoms with Crippen LogP contribution in [0, 0.1) is 5.92 Å². The van der Waals surface area contributed by atoms with Crippen molar-refractivity contribution in [2.45, 2.75) is 18.9 Å². The number of hydrogen-bond donors (Lipinski definition) is 1. The molecule has 2 heterocycles. The van der Waals surface area contributed by atoms with Crippen LogP contribution in [-0.2, 0) is 4.79 Å². The lowest BCUT2D eigenvalue weighted by atomic mass is 9.91. The first-order chi connectivity index (χ1) is 12.7. The maximum Gasteiger partial charge on any atom is 0.306 e. The standard InChI is InChI=1S/C22H22N2O2/c25-22(26)17-11-14-24(15-12-17)21(20-10-3-4-13-23-20)19-9-5-7-16-6-1-2-8-18(16)19/h1-10,13,17,21H,11-12,14-15H2,(H,25,26). The lowest BCUT2D eigenvalue weighted by molar-refractivity contribution is -0.143. The van der Waals surface area contributed by atoms with E-state index in [0.717, 1.165) is 18.8 Å². The molecule has 1 unspecified atom stereocenters. The summed E-state index contributed by atoms with van der Waals surface area (Å²) in [5, 5.41) is 11.7. The molecule has 4 rings (SSSR count). The maximum absolute atomic E-state index is 11.3. The van der Waals surface area contributed by atoms with Gasteiger partial charge in [0.2, 0.25) is 0 Å². The molecule has 1 atom stereocenters. The van der Waals surface area contributed by atoms with Gasteiger partial charge in [0, 0.05) is 6.20 Å². The predicted molar refractivity (Wildman–Crippen MR) is 102 cm³/mol. The van der Waals surface area contributed by atoms with E-state index in [-0.39, 0.29) is 12.0 Å². The topological polar surface area (TPSA) is 53.4 Å². The molecule has 0 radical (unpaired) electrons. The van der Waals surface area contributed by atoms with Crippen LogP contribution in [0.2, 0.25) is 0 Å². The minimum Gasteiger partial charge on any atom is -0.481 e. The predicted octanol–water partition coefficient (Wildman–Crippen LogP) is 4.12. The number of benzene rings is 2. The smallest absolute Gasteiger partial charge is 0.306 e. The van der Waals surface area contributed by atoms with Crippen LogP contribution in [0.1, 0.15) is 30.1 Å². The molecule has 1 N–H and O–H groups in total. The van der Waals surface area contributed by atoms with Crippen LogP contribution in [0.25, 0.3) is 10.8 Å². The monoisotopic (exact) mass is 346 g/mol. The first-order valence-corrected chi connectivity index (χ1v) is 9.09. The summed E-state index contributed by atoms with van der Waals surface area (Å²) >= 11 is 0. The maximum atomic E-state index is 11.3. The number of likely N-dealkylation sites (tertiary alicyclic amines) is 1.